The third-order valence-electron chi connectivity index (χ3n) is 2.41. The molecule has 0 aliphatic heterocycles. The largest absolute Gasteiger partial charge is 0.306 e. The Morgan fingerprint density at radius 1 is 1.38 bits per heavy atom. The molecule has 2 rings (SSSR count). The second kappa shape index (κ2) is 5.07. The zero-order valence-electron chi connectivity index (χ0n) is 9.17. The molecular weight excluding hydrogens is 220 g/mol. The van der Waals surface area contributed by atoms with Crippen molar-refractivity contribution in [1.82, 2.24) is 9.55 Å². The summed E-state index contributed by atoms with van der Waals surface area (Å²) in [5.74, 6) is 1.29. The average Bonchev–Trinajstić information content (AvgIpc) is 2.83. The van der Waals surface area contributed by atoms with E-state index in [0.29, 0.717) is 11.5 Å². The Kier molecular flexibility index (Phi) is 3.51. The van der Waals surface area contributed by atoms with Crippen LogP contribution < -0.4 is 0 Å². The molecule has 4 heteroatoms. The van der Waals surface area contributed by atoms with Crippen molar-refractivity contribution in [3.05, 3.63) is 48.5 Å². The molecule has 3 nitrogen and oxygen atoms in total. The quantitative estimate of drug-likeness (QED) is 0.812. The Bertz CT molecular complexity index is 480. The van der Waals surface area contributed by atoms with E-state index in [4.69, 9.17) is 0 Å². The van der Waals surface area contributed by atoms with Crippen LogP contribution in [0.15, 0.2) is 43.0 Å². The highest BCUT2D eigenvalue weighted by Gasteiger charge is 2.06. The minimum atomic E-state index is -0.784. The Balaban J connectivity index is 2.35. The van der Waals surface area contributed by atoms with Crippen LogP contribution in [-0.4, -0.2) is 19.5 Å². The van der Waals surface area contributed by atoms with Gasteiger partial charge in [0.15, 0.2) is 0 Å². The van der Waals surface area contributed by atoms with Gasteiger partial charge >= 0.3 is 0 Å². The highest BCUT2D eigenvalue weighted by Crippen LogP contribution is 2.15. The van der Waals surface area contributed by atoms with E-state index in [1.54, 1.807) is 12.5 Å². The summed E-state index contributed by atoms with van der Waals surface area (Å²) in [5.41, 5.74) is 2.16. The van der Waals surface area contributed by atoms with Gasteiger partial charge in [0.05, 0.1) is 17.8 Å². The third-order valence-corrected chi connectivity index (χ3v) is 3.69. The highest BCUT2D eigenvalue weighted by molar-refractivity contribution is 7.84. The molecule has 16 heavy (non-hydrogen) atoms. The topological polar surface area (TPSA) is 34.9 Å². The summed E-state index contributed by atoms with van der Waals surface area (Å²) in [6.45, 7) is 1.94. The molecule has 0 spiro atoms. The van der Waals surface area contributed by atoms with Crippen LogP contribution in [0.25, 0.3) is 5.69 Å². The molecule has 0 saturated heterocycles. The van der Waals surface area contributed by atoms with E-state index in [1.165, 1.54) is 0 Å². The van der Waals surface area contributed by atoms with E-state index in [1.807, 2.05) is 42.0 Å². The lowest BCUT2D eigenvalue weighted by Gasteiger charge is -2.09. The van der Waals surface area contributed by atoms with Crippen molar-refractivity contribution in [3.8, 4) is 5.69 Å². The van der Waals surface area contributed by atoms with Gasteiger partial charge in [-0.3, -0.25) is 4.21 Å². The lowest BCUT2D eigenvalue weighted by atomic mass is 10.2. The van der Waals surface area contributed by atoms with E-state index in [2.05, 4.69) is 4.98 Å². The van der Waals surface area contributed by atoms with Crippen molar-refractivity contribution in [2.75, 3.05) is 5.75 Å². The summed E-state index contributed by atoms with van der Waals surface area (Å²) in [5, 5.41) is 0. The number of benzene rings is 1. The molecule has 1 aromatic carbocycles. The number of aromatic nitrogens is 2. The first kappa shape index (κ1) is 11.1. The van der Waals surface area contributed by atoms with Crippen LogP contribution in [0.4, 0.5) is 0 Å². The molecule has 0 aliphatic carbocycles. The first-order valence-corrected chi connectivity index (χ1v) is 6.71. The van der Waals surface area contributed by atoms with E-state index >= 15 is 0 Å². The number of hydrogen-bond acceptors (Lipinski definition) is 2. The predicted octanol–water partition coefficient (Wildman–Crippen LogP) is 2.14. The summed E-state index contributed by atoms with van der Waals surface area (Å²) in [6, 6.07) is 7.99. The molecule has 2 aromatic rings. The smallest absolute Gasteiger partial charge is 0.0991 e. The summed E-state index contributed by atoms with van der Waals surface area (Å²) in [6.07, 6.45) is 5.40. The maximum absolute atomic E-state index is 11.6. The Labute approximate surface area is 97.6 Å². The molecular formula is C12H14N2OS. The number of nitrogens with zero attached hydrogens (tertiary/aromatic N) is 2. The molecule has 0 fully saturated rings. The number of rotatable bonds is 4. The van der Waals surface area contributed by atoms with E-state index in [0.717, 1.165) is 11.3 Å². The first-order chi connectivity index (χ1) is 7.81. The van der Waals surface area contributed by atoms with Gasteiger partial charge in [-0.1, -0.05) is 25.1 Å². The molecule has 0 saturated carbocycles. The maximum atomic E-state index is 11.6. The maximum Gasteiger partial charge on any atom is 0.0991 e. The van der Waals surface area contributed by atoms with Crippen molar-refractivity contribution in [2.45, 2.75) is 12.7 Å². The second-order valence-corrected chi connectivity index (χ2v) is 5.22. The summed E-state index contributed by atoms with van der Waals surface area (Å²) in [4.78, 5) is 4.03. The van der Waals surface area contributed by atoms with Gasteiger partial charge in [-0.25, -0.2) is 4.98 Å². The van der Waals surface area contributed by atoms with Crippen LogP contribution in [0.3, 0.4) is 0 Å². The first-order valence-electron chi connectivity index (χ1n) is 5.22. The molecule has 0 aliphatic rings. The zero-order valence-corrected chi connectivity index (χ0v) is 9.98. The molecule has 1 unspecified atom stereocenters. The molecule has 0 N–H and O–H groups in total. The fraction of sp³-hybridized carbons (Fsp3) is 0.250. The fourth-order valence-corrected chi connectivity index (χ4v) is 2.36. The molecule has 1 atom stereocenters. The second-order valence-electron chi connectivity index (χ2n) is 3.47. The molecule has 0 bridgehead atoms. The van der Waals surface area contributed by atoms with Gasteiger partial charge in [0.2, 0.25) is 0 Å². The molecule has 0 amide bonds. The van der Waals surface area contributed by atoms with Crippen molar-refractivity contribution in [2.24, 2.45) is 0 Å². The van der Waals surface area contributed by atoms with Gasteiger partial charge in [-0.2, -0.15) is 0 Å². The zero-order chi connectivity index (χ0) is 11.4. The lowest BCUT2D eigenvalue weighted by molar-refractivity contribution is 0.683. The van der Waals surface area contributed by atoms with Gasteiger partial charge in [0, 0.05) is 28.9 Å². The number of hydrogen-bond donors (Lipinski definition) is 0. The monoisotopic (exact) mass is 234 g/mol. The summed E-state index contributed by atoms with van der Waals surface area (Å²) >= 11 is 0. The minimum absolute atomic E-state index is 0.602. The van der Waals surface area contributed by atoms with Crippen LogP contribution in [0.1, 0.15) is 12.5 Å². The Morgan fingerprint density at radius 2 is 2.19 bits per heavy atom. The van der Waals surface area contributed by atoms with Crippen molar-refractivity contribution < 1.29 is 4.21 Å². The van der Waals surface area contributed by atoms with E-state index < -0.39 is 10.8 Å². The van der Waals surface area contributed by atoms with Crippen LogP contribution in [0.2, 0.25) is 0 Å². The van der Waals surface area contributed by atoms with Gasteiger partial charge in [-0.15, -0.1) is 0 Å². The SMILES string of the molecule is CCS(=O)Cc1ccccc1-n1ccnc1. The lowest BCUT2D eigenvalue weighted by Crippen LogP contribution is -2.02. The Hall–Kier alpha value is -1.42. The van der Waals surface area contributed by atoms with Crippen LogP contribution >= 0.6 is 0 Å². The molecule has 1 aromatic heterocycles. The Morgan fingerprint density at radius 3 is 2.88 bits per heavy atom. The van der Waals surface area contributed by atoms with Gasteiger partial charge in [0.25, 0.3) is 0 Å². The van der Waals surface area contributed by atoms with Crippen LogP contribution in [0.5, 0.6) is 0 Å². The molecule has 1 heterocycles. The molecule has 84 valence electrons. The van der Waals surface area contributed by atoms with Crippen molar-refractivity contribution in [3.63, 3.8) is 0 Å². The summed E-state index contributed by atoms with van der Waals surface area (Å²) < 4.78 is 13.5. The normalized spacial score (nSPS) is 12.6. The number of para-hydroxylation sites is 1. The third kappa shape index (κ3) is 2.39. The predicted molar refractivity (Wildman–Crippen MR) is 66.0 cm³/mol. The van der Waals surface area contributed by atoms with Crippen molar-refractivity contribution in [1.29, 1.82) is 0 Å². The van der Waals surface area contributed by atoms with E-state index in [9.17, 15) is 4.21 Å². The summed E-state index contributed by atoms with van der Waals surface area (Å²) in [7, 11) is -0.784. The van der Waals surface area contributed by atoms with Crippen molar-refractivity contribution >= 4 is 10.8 Å². The van der Waals surface area contributed by atoms with Crippen LogP contribution in [-0.2, 0) is 16.6 Å². The minimum Gasteiger partial charge on any atom is -0.306 e. The highest BCUT2D eigenvalue weighted by atomic mass is 32.2. The average molecular weight is 234 g/mol. The van der Waals surface area contributed by atoms with Crippen LogP contribution in [0, 0.1) is 0 Å². The van der Waals surface area contributed by atoms with E-state index in [-0.39, 0.29) is 0 Å². The van der Waals surface area contributed by atoms with Gasteiger partial charge in [-0.05, 0) is 11.6 Å². The fourth-order valence-electron chi connectivity index (χ4n) is 1.56. The molecule has 0 radical (unpaired) electrons. The van der Waals surface area contributed by atoms with Gasteiger partial charge < -0.3 is 4.57 Å². The standard InChI is InChI=1S/C12H14N2OS/c1-2-16(15)9-11-5-3-4-6-12(11)14-8-7-13-10-14/h3-8,10H,2,9H2,1H3. The van der Waals surface area contributed by atoms with Gasteiger partial charge in [0.1, 0.15) is 0 Å². The number of imidazole rings is 1.